The fraction of sp³-hybridized carbons (Fsp3) is 0.357. The fourth-order valence-corrected chi connectivity index (χ4v) is 2.87. The van der Waals surface area contributed by atoms with Crippen molar-refractivity contribution in [2.45, 2.75) is 18.6 Å². The van der Waals surface area contributed by atoms with E-state index in [0.717, 1.165) is 17.9 Å². The van der Waals surface area contributed by atoms with Crippen LogP contribution in [0.2, 0.25) is 0 Å². The molecule has 2 aromatic rings. The monoisotopic (exact) mass is 276 g/mol. The zero-order valence-electron chi connectivity index (χ0n) is 10.7. The molecule has 0 radical (unpaired) electrons. The molecule has 0 spiro atoms. The van der Waals surface area contributed by atoms with E-state index in [1.54, 1.807) is 11.3 Å². The summed E-state index contributed by atoms with van der Waals surface area (Å²) in [5, 5.41) is 3.31. The molecule has 2 unspecified atom stereocenters. The van der Waals surface area contributed by atoms with Crippen LogP contribution in [0, 0.1) is 0 Å². The SMILES string of the molecule is CNC(Cc1cncs1)C1COc2ccccc2O1. The smallest absolute Gasteiger partial charge is 0.161 e. The van der Waals surface area contributed by atoms with Crippen LogP contribution in [0.3, 0.4) is 0 Å². The van der Waals surface area contributed by atoms with Gasteiger partial charge in [-0.05, 0) is 19.2 Å². The number of nitrogens with zero attached hydrogens (tertiary/aromatic N) is 1. The summed E-state index contributed by atoms with van der Waals surface area (Å²) in [6.45, 7) is 0.571. The summed E-state index contributed by atoms with van der Waals surface area (Å²) in [7, 11) is 1.95. The summed E-state index contributed by atoms with van der Waals surface area (Å²) in [6.07, 6.45) is 2.83. The van der Waals surface area contributed by atoms with Gasteiger partial charge >= 0.3 is 0 Å². The highest BCUT2D eigenvalue weighted by molar-refractivity contribution is 7.09. The molecule has 0 saturated carbocycles. The first-order valence-corrected chi connectivity index (χ1v) is 7.18. The second-order valence-electron chi connectivity index (χ2n) is 4.48. The molecule has 100 valence electrons. The third kappa shape index (κ3) is 2.72. The predicted octanol–water partition coefficient (Wildman–Crippen LogP) is 2.11. The molecule has 19 heavy (non-hydrogen) atoms. The molecule has 2 heterocycles. The molecule has 2 atom stereocenters. The van der Waals surface area contributed by atoms with Crippen molar-refractivity contribution in [1.29, 1.82) is 0 Å². The molecule has 5 heteroatoms. The summed E-state index contributed by atoms with van der Waals surface area (Å²) >= 11 is 1.67. The maximum absolute atomic E-state index is 6.03. The molecular formula is C14H16N2O2S. The number of rotatable bonds is 4. The van der Waals surface area contributed by atoms with Gasteiger partial charge < -0.3 is 14.8 Å². The number of likely N-dealkylation sites (N-methyl/N-ethyl adjacent to an activating group) is 1. The Kier molecular flexibility index (Phi) is 3.66. The Bertz CT molecular complexity index is 530. The lowest BCUT2D eigenvalue weighted by molar-refractivity contribution is 0.0643. The third-order valence-electron chi connectivity index (χ3n) is 3.25. The van der Waals surface area contributed by atoms with Gasteiger partial charge in [-0.2, -0.15) is 0 Å². The number of hydrogen-bond donors (Lipinski definition) is 1. The number of nitrogens with one attached hydrogen (secondary N) is 1. The molecule has 0 fully saturated rings. The highest BCUT2D eigenvalue weighted by atomic mass is 32.1. The van der Waals surface area contributed by atoms with Crippen molar-refractivity contribution in [2.75, 3.05) is 13.7 Å². The van der Waals surface area contributed by atoms with Gasteiger partial charge in [-0.3, -0.25) is 4.98 Å². The maximum atomic E-state index is 6.03. The van der Waals surface area contributed by atoms with Crippen LogP contribution < -0.4 is 14.8 Å². The predicted molar refractivity (Wildman–Crippen MR) is 75.0 cm³/mol. The van der Waals surface area contributed by atoms with Crippen molar-refractivity contribution < 1.29 is 9.47 Å². The minimum absolute atomic E-state index is 0.0157. The molecule has 0 saturated heterocycles. The van der Waals surface area contributed by atoms with Crippen molar-refractivity contribution >= 4 is 11.3 Å². The molecule has 0 aliphatic carbocycles. The van der Waals surface area contributed by atoms with Crippen LogP contribution in [0.25, 0.3) is 0 Å². The highest BCUT2D eigenvalue weighted by Crippen LogP contribution is 2.32. The summed E-state index contributed by atoms with van der Waals surface area (Å²) < 4.78 is 11.8. The maximum Gasteiger partial charge on any atom is 0.161 e. The average Bonchev–Trinajstić information content (AvgIpc) is 2.97. The van der Waals surface area contributed by atoms with Crippen LogP contribution in [0.1, 0.15) is 4.88 Å². The Morgan fingerprint density at radius 2 is 2.26 bits per heavy atom. The number of ether oxygens (including phenoxy) is 2. The van der Waals surface area contributed by atoms with Gasteiger partial charge in [0.1, 0.15) is 12.7 Å². The molecule has 0 bridgehead atoms. The molecule has 4 nitrogen and oxygen atoms in total. The van der Waals surface area contributed by atoms with Crippen molar-refractivity contribution in [3.8, 4) is 11.5 Å². The lowest BCUT2D eigenvalue weighted by Crippen LogP contribution is -2.47. The van der Waals surface area contributed by atoms with E-state index in [9.17, 15) is 0 Å². The molecular weight excluding hydrogens is 260 g/mol. The Morgan fingerprint density at radius 3 is 3.00 bits per heavy atom. The Balaban J connectivity index is 1.72. The van der Waals surface area contributed by atoms with E-state index in [1.165, 1.54) is 4.88 Å². The Hall–Kier alpha value is -1.59. The number of hydrogen-bond acceptors (Lipinski definition) is 5. The zero-order chi connectivity index (χ0) is 13.1. The van der Waals surface area contributed by atoms with Gasteiger partial charge in [0.2, 0.25) is 0 Å². The van der Waals surface area contributed by atoms with Gasteiger partial charge in [0.25, 0.3) is 0 Å². The van der Waals surface area contributed by atoms with E-state index in [1.807, 2.05) is 43.0 Å². The van der Waals surface area contributed by atoms with E-state index < -0.39 is 0 Å². The highest BCUT2D eigenvalue weighted by Gasteiger charge is 2.28. The van der Waals surface area contributed by atoms with Crippen molar-refractivity contribution in [1.82, 2.24) is 10.3 Å². The van der Waals surface area contributed by atoms with Gasteiger partial charge in [0.15, 0.2) is 11.5 Å². The van der Waals surface area contributed by atoms with Gasteiger partial charge in [0, 0.05) is 17.5 Å². The van der Waals surface area contributed by atoms with Gasteiger partial charge in [-0.1, -0.05) is 12.1 Å². The minimum Gasteiger partial charge on any atom is -0.486 e. The molecule has 1 aliphatic rings. The van der Waals surface area contributed by atoms with Crippen molar-refractivity contribution in [2.24, 2.45) is 0 Å². The summed E-state index contributed by atoms with van der Waals surface area (Å²) in [5.41, 5.74) is 1.86. The normalized spacial score (nSPS) is 19.1. The topological polar surface area (TPSA) is 43.4 Å². The van der Waals surface area contributed by atoms with Crippen LogP contribution in [-0.4, -0.2) is 30.8 Å². The number of fused-ring (bicyclic) bond motifs is 1. The standard InChI is InChI=1S/C14H16N2O2S/c1-15-11(6-10-7-16-9-19-10)14-8-17-12-4-2-3-5-13(12)18-14/h2-5,7,9,11,14-15H,6,8H2,1H3. The molecule has 1 N–H and O–H groups in total. The fourth-order valence-electron chi connectivity index (χ4n) is 2.21. The van der Waals surface area contributed by atoms with Gasteiger partial charge in [-0.25, -0.2) is 0 Å². The van der Waals surface area contributed by atoms with Crippen molar-refractivity contribution in [3.63, 3.8) is 0 Å². The van der Waals surface area contributed by atoms with E-state index in [4.69, 9.17) is 9.47 Å². The average molecular weight is 276 g/mol. The Morgan fingerprint density at radius 1 is 1.42 bits per heavy atom. The second-order valence-corrected chi connectivity index (χ2v) is 5.45. The molecule has 0 amide bonds. The van der Waals surface area contributed by atoms with Crippen LogP contribution in [0.5, 0.6) is 11.5 Å². The van der Waals surface area contributed by atoms with Gasteiger partial charge in [0.05, 0.1) is 11.6 Å². The molecule has 1 aromatic heterocycles. The summed E-state index contributed by atoms with van der Waals surface area (Å²) in [4.78, 5) is 5.36. The van der Waals surface area contributed by atoms with Crippen molar-refractivity contribution in [3.05, 3.63) is 40.8 Å². The molecule has 1 aromatic carbocycles. The first-order valence-electron chi connectivity index (χ1n) is 6.30. The van der Waals surface area contributed by atoms with E-state index in [0.29, 0.717) is 6.61 Å². The lowest BCUT2D eigenvalue weighted by Gasteiger charge is -2.31. The molecule has 3 rings (SSSR count). The number of benzene rings is 1. The van der Waals surface area contributed by atoms with E-state index in [2.05, 4.69) is 10.3 Å². The molecule has 1 aliphatic heterocycles. The van der Waals surface area contributed by atoms with Crippen LogP contribution in [0.15, 0.2) is 36.0 Å². The van der Waals surface area contributed by atoms with E-state index in [-0.39, 0.29) is 12.1 Å². The van der Waals surface area contributed by atoms with Crippen LogP contribution in [0.4, 0.5) is 0 Å². The largest absolute Gasteiger partial charge is 0.486 e. The number of thiazole rings is 1. The quantitative estimate of drug-likeness (QED) is 0.929. The first kappa shape index (κ1) is 12.4. The lowest BCUT2D eigenvalue weighted by atomic mass is 10.1. The minimum atomic E-state index is 0.0157. The van der Waals surface area contributed by atoms with Gasteiger partial charge in [-0.15, -0.1) is 11.3 Å². The summed E-state index contributed by atoms with van der Waals surface area (Å²) in [5.74, 6) is 1.65. The Labute approximate surface area is 116 Å². The summed E-state index contributed by atoms with van der Waals surface area (Å²) in [6, 6.07) is 8.01. The number of aromatic nitrogens is 1. The van der Waals surface area contributed by atoms with Crippen LogP contribution >= 0.6 is 11.3 Å². The third-order valence-corrected chi connectivity index (χ3v) is 4.06. The first-order chi connectivity index (χ1) is 9.36. The van der Waals surface area contributed by atoms with Crippen LogP contribution in [-0.2, 0) is 6.42 Å². The second kappa shape index (κ2) is 5.59. The zero-order valence-corrected chi connectivity index (χ0v) is 11.5. The van der Waals surface area contributed by atoms with E-state index >= 15 is 0 Å². The number of para-hydroxylation sites is 2.